The molecule has 1 atom stereocenters. The van der Waals surface area contributed by atoms with Crippen molar-refractivity contribution in [1.82, 2.24) is 20.2 Å². The van der Waals surface area contributed by atoms with Crippen LogP contribution >= 0.6 is 11.3 Å². The Morgan fingerprint density at radius 2 is 2.50 bits per heavy atom. The minimum absolute atomic E-state index is 0.559. The normalized spacial score (nSPS) is 20.3. The number of nitrogens with one attached hydrogen (secondary N) is 1. The average Bonchev–Trinajstić information content (AvgIpc) is 3.09. The molecule has 0 spiro atoms. The van der Waals surface area contributed by atoms with Crippen molar-refractivity contribution in [2.45, 2.75) is 12.8 Å². The van der Waals surface area contributed by atoms with E-state index in [1.807, 2.05) is 0 Å². The van der Waals surface area contributed by atoms with Crippen LogP contribution in [0.5, 0.6) is 0 Å². The van der Waals surface area contributed by atoms with Crippen LogP contribution in [0, 0.1) is 5.92 Å². The predicted octanol–water partition coefficient (Wildman–Crippen LogP) is 1.10. The molecule has 0 bridgehead atoms. The lowest BCUT2D eigenvalue weighted by Gasteiger charge is -2.31. The Labute approximate surface area is 109 Å². The molecule has 0 radical (unpaired) electrons. The molecule has 2 aromatic heterocycles. The lowest BCUT2D eigenvalue weighted by atomic mass is 9.99. The zero-order valence-electron chi connectivity index (χ0n) is 10.0. The number of nitrogens with zero attached hydrogens (tertiary/aromatic N) is 4. The number of hydrogen-bond acceptors (Lipinski definition) is 6. The van der Waals surface area contributed by atoms with Crippen molar-refractivity contribution in [3.8, 4) is 10.7 Å². The van der Waals surface area contributed by atoms with Crippen molar-refractivity contribution in [2.75, 3.05) is 24.5 Å². The highest BCUT2D eigenvalue weighted by Gasteiger charge is 2.22. The van der Waals surface area contributed by atoms with Gasteiger partial charge in [-0.25, -0.2) is 0 Å². The molecule has 2 aromatic rings. The molecule has 0 aliphatic carbocycles. The van der Waals surface area contributed by atoms with Crippen LogP contribution in [0.2, 0.25) is 0 Å². The van der Waals surface area contributed by atoms with Crippen LogP contribution < -0.4 is 10.6 Å². The fourth-order valence-electron chi connectivity index (χ4n) is 2.28. The van der Waals surface area contributed by atoms with Gasteiger partial charge in [0.1, 0.15) is 0 Å². The van der Waals surface area contributed by atoms with E-state index < -0.39 is 0 Å². The number of rotatable bonds is 3. The number of H-pyrrole nitrogens is 1. The van der Waals surface area contributed by atoms with Gasteiger partial charge in [0.25, 0.3) is 0 Å². The van der Waals surface area contributed by atoms with Gasteiger partial charge in [-0.2, -0.15) is 4.98 Å². The molecule has 3 heterocycles. The number of anilines is 1. The molecule has 0 amide bonds. The Kier molecular flexibility index (Phi) is 3.24. The van der Waals surface area contributed by atoms with Crippen LogP contribution in [0.15, 0.2) is 11.7 Å². The van der Waals surface area contributed by atoms with Gasteiger partial charge in [0.15, 0.2) is 5.82 Å². The Morgan fingerprint density at radius 3 is 3.28 bits per heavy atom. The van der Waals surface area contributed by atoms with E-state index in [4.69, 9.17) is 5.73 Å². The zero-order chi connectivity index (χ0) is 12.4. The molecule has 1 unspecified atom stereocenters. The monoisotopic (exact) mass is 264 g/mol. The molecule has 18 heavy (non-hydrogen) atoms. The van der Waals surface area contributed by atoms with E-state index in [0.717, 1.165) is 42.7 Å². The van der Waals surface area contributed by atoms with Crippen molar-refractivity contribution in [3.63, 3.8) is 0 Å². The number of hydrogen-bond donors (Lipinski definition) is 2. The van der Waals surface area contributed by atoms with Gasteiger partial charge < -0.3 is 10.6 Å². The third-order valence-electron chi connectivity index (χ3n) is 3.27. The summed E-state index contributed by atoms with van der Waals surface area (Å²) < 4.78 is 0. The lowest BCUT2D eigenvalue weighted by molar-refractivity contribution is 0.420. The van der Waals surface area contributed by atoms with Gasteiger partial charge >= 0.3 is 0 Å². The summed E-state index contributed by atoms with van der Waals surface area (Å²) in [7, 11) is 0. The second kappa shape index (κ2) is 5.03. The molecule has 0 saturated carbocycles. The smallest absolute Gasteiger partial charge is 0.245 e. The largest absolute Gasteiger partial charge is 0.339 e. The summed E-state index contributed by atoms with van der Waals surface area (Å²) in [5.41, 5.74) is 7.54. The van der Waals surface area contributed by atoms with E-state index >= 15 is 0 Å². The van der Waals surface area contributed by atoms with Crippen LogP contribution in [0.4, 0.5) is 5.95 Å². The van der Waals surface area contributed by atoms with Gasteiger partial charge in [-0.3, -0.25) is 10.1 Å². The van der Waals surface area contributed by atoms with Gasteiger partial charge in [0.2, 0.25) is 5.95 Å². The Morgan fingerprint density at radius 1 is 1.56 bits per heavy atom. The van der Waals surface area contributed by atoms with E-state index in [-0.39, 0.29) is 0 Å². The van der Waals surface area contributed by atoms with Crippen molar-refractivity contribution in [3.05, 3.63) is 11.7 Å². The van der Waals surface area contributed by atoms with Crippen LogP contribution in [0.25, 0.3) is 10.7 Å². The molecule has 1 saturated heterocycles. The third kappa shape index (κ3) is 2.23. The van der Waals surface area contributed by atoms with E-state index in [9.17, 15) is 0 Å². The van der Waals surface area contributed by atoms with Crippen LogP contribution in [0.1, 0.15) is 12.8 Å². The standard InChI is InChI=1S/C11H16N6S/c12-4-8-2-1-3-17(6-8)11-14-10(15-16-11)9-5-13-7-18-9/h5,7-8H,1-4,6,12H2,(H,14,15,16). The minimum atomic E-state index is 0.559. The van der Waals surface area contributed by atoms with Gasteiger partial charge in [0, 0.05) is 19.3 Å². The van der Waals surface area contributed by atoms with Crippen molar-refractivity contribution in [1.29, 1.82) is 0 Å². The maximum Gasteiger partial charge on any atom is 0.245 e. The van der Waals surface area contributed by atoms with Gasteiger partial charge in [0.05, 0.1) is 10.4 Å². The second-order valence-corrected chi connectivity index (χ2v) is 5.43. The number of nitrogens with two attached hydrogens (primary N) is 1. The number of thiazole rings is 1. The topological polar surface area (TPSA) is 83.7 Å². The summed E-state index contributed by atoms with van der Waals surface area (Å²) >= 11 is 1.56. The molecule has 1 aliphatic rings. The molecule has 1 fully saturated rings. The minimum Gasteiger partial charge on any atom is -0.339 e. The van der Waals surface area contributed by atoms with Crippen molar-refractivity contribution >= 4 is 17.3 Å². The SMILES string of the molecule is NCC1CCCN(c2n[nH]c(-c3cncs3)n2)C1. The van der Waals surface area contributed by atoms with E-state index in [1.165, 1.54) is 6.42 Å². The quantitative estimate of drug-likeness (QED) is 0.867. The summed E-state index contributed by atoms with van der Waals surface area (Å²) in [6.45, 7) is 2.70. The van der Waals surface area contributed by atoms with Gasteiger partial charge in [-0.05, 0) is 25.3 Å². The highest BCUT2D eigenvalue weighted by molar-refractivity contribution is 7.13. The Balaban J connectivity index is 1.77. The Bertz CT molecular complexity index is 493. The molecule has 3 N–H and O–H groups in total. The average molecular weight is 264 g/mol. The molecule has 0 aromatic carbocycles. The van der Waals surface area contributed by atoms with Crippen LogP contribution in [-0.2, 0) is 0 Å². The lowest BCUT2D eigenvalue weighted by Crippen LogP contribution is -2.38. The molecule has 96 valence electrons. The van der Waals surface area contributed by atoms with E-state index in [2.05, 4.69) is 25.1 Å². The van der Waals surface area contributed by atoms with Crippen LogP contribution in [-0.4, -0.2) is 39.8 Å². The molecule has 3 rings (SSSR count). The first-order valence-electron chi connectivity index (χ1n) is 6.13. The van der Waals surface area contributed by atoms with Crippen molar-refractivity contribution in [2.24, 2.45) is 11.7 Å². The molecule has 1 aliphatic heterocycles. The zero-order valence-corrected chi connectivity index (χ0v) is 10.9. The predicted molar refractivity (Wildman–Crippen MR) is 71.5 cm³/mol. The number of piperidine rings is 1. The van der Waals surface area contributed by atoms with E-state index in [0.29, 0.717) is 5.92 Å². The second-order valence-electron chi connectivity index (χ2n) is 4.54. The first-order chi connectivity index (χ1) is 8.86. The summed E-state index contributed by atoms with van der Waals surface area (Å²) in [4.78, 5) is 11.8. The summed E-state index contributed by atoms with van der Waals surface area (Å²) in [6, 6.07) is 0. The number of aromatic amines is 1. The summed E-state index contributed by atoms with van der Waals surface area (Å²) in [5.74, 6) is 2.13. The summed E-state index contributed by atoms with van der Waals surface area (Å²) in [6.07, 6.45) is 4.17. The molecule has 7 heteroatoms. The van der Waals surface area contributed by atoms with Gasteiger partial charge in [-0.1, -0.05) is 0 Å². The third-order valence-corrected chi connectivity index (χ3v) is 4.05. The Hall–Kier alpha value is -1.47. The fourth-order valence-corrected chi connectivity index (χ4v) is 2.84. The first kappa shape index (κ1) is 11.6. The van der Waals surface area contributed by atoms with Crippen LogP contribution in [0.3, 0.4) is 0 Å². The van der Waals surface area contributed by atoms with Crippen molar-refractivity contribution < 1.29 is 0 Å². The molecular formula is C11H16N6S. The molecular weight excluding hydrogens is 248 g/mol. The molecule has 6 nitrogen and oxygen atoms in total. The fraction of sp³-hybridized carbons (Fsp3) is 0.545. The summed E-state index contributed by atoms with van der Waals surface area (Å²) in [5, 5.41) is 7.27. The first-order valence-corrected chi connectivity index (χ1v) is 7.01. The highest BCUT2D eigenvalue weighted by atomic mass is 32.1. The van der Waals surface area contributed by atoms with Gasteiger partial charge in [-0.15, -0.1) is 16.4 Å². The number of aromatic nitrogens is 4. The maximum absolute atomic E-state index is 5.74. The highest BCUT2D eigenvalue weighted by Crippen LogP contribution is 2.23. The van der Waals surface area contributed by atoms with E-state index in [1.54, 1.807) is 23.0 Å². The maximum atomic E-state index is 5.74.